The van der Waals surface area contributed by atoms with Crippen molar-refractivity contribution in [3.63, 3.8) is 0 Å². The number of amides is 1. The van der Waals surface area contributed by atoms with Crippen molar-refractivity contribution in [2.45, 2.75) is 25.4 Å². The van der Waals surface area contributed by atoms with E-state index in [1.807, 2.05) is 24.3 Å². The monoisotopic (exact) mass is 356 g/mol. The number of methoxy groups -OCH3 is 1. The molecule has 0 bridgehead atoms. The molecule has 0 saturated heterocycles. The van der Waals surface area contributed by atoms with Crippen molar-refractivity contribution in [1.29, 1.82) is 0 Å². The van der Waals surface area contributed by atoms with Crippen LogP contribution in [0.5, 0.6) is 5.75 Å². The Labute approximate surface area is 151 Å². The van der Waals surface area contributed by atoms with Gasteiger partial charge in [-0.25, -0.2) is 4.39 Å². The minimum absolute atomic E-state index is 0.175. The first kappa shape index (κ1) is 17.9. The van der Waals surface area contributed by atoms with Crippen LogP contribution >= 0.6 is 0 Å². The van der Waals surface area contributed by atoms with Crippen molar-refractivity contribution in [2.75, 3.05) is 13.7 Å². The average molecular weight is 356 g/mol. The van der Waals surface area contributed by atoms with E-state index < -0.39 is 6.10 Å². The lowest BCUT2D eigenvalue weighted by Gasteiger charge is -2.10. The quantitative estimate of drug-likeness (QED) is 0.830. The van der Waals surface area contributed by atoms with Crippen LogP contribution in [0.2, 0.25) is 0 Å². The lowest BCUT2D eigenvalue weighted by atomic mass is 10.0. The third-order valence-corrected chi connectivity index (χ3v) is 4.19. The van der Waals surface area contributed by atoms with E-state index in [0.29, 0.717) is 25.8 Å². The van der Waals surface area contributed by atoms with E-state index in [9.17, 15) is 9.18 Å². The molecule has 1 N–H and O–H groups in total. The standard InChI is InChI=1S/C20H21FN2O3/c1-25-18-4-2-3-14(12-18)9-10-22-20(24)19-13-17(23-26-19)11-15-5-7-16(21)8-6-15/h2-8,12,19H,9-11,13H2,1H3,(H,22,24)/t19-/m0/s1. The van der Waals surface area contributed by atoms with Crippen LogP contribution in [0.15, 0.2) is 53.7 Å². The van der Waals surface area contributed by atoms with Gasteiger partial charge in [-0.05, 0) is 41.8 Å². The number of halogens is 1. The van der Waals surface area contributed by atoms with Crippen molar-refractivity contribution in [3.05, 3.63) is 65.5 Å². The fraction of sp³-hybridized carbons (Fsp3) is 0.300. The number of carbonyl (C=O) groups excluding carboxylic acids is 1. The molecule has 1 amide bonds. The van der Waals surface area contributed by atoms with Gasteiger partial charge in [0.1, 0.15) is 11.6 Å². The first-order valence-corrected chi connectivity index (χ1v) is 8.50. The number of carbonyl (C=O) groups is 1. The second kappa shape index (κ2) is 8.47. The SMILES string of the molecule is COc1cccc(CCNC(=O)[C@@H]2CC(Cc3ccc(F)cc3)=NO2)c1. The van der Waals surface area contributed by atoms with Gasteiger partial charge in [-0.2, -0.15) is 0 Å². The maximum Gasteiger partial charge on any atom is 0.264 e. The maximum absolute atomic E-state index is 12.9. The molecule has 2 aromatic carbocycles. The van der Waals surface area contributed by atoms with Crippen LogP contribution in [-0.4, -0.2) is 31.4 Å². The molecular formula is C20H21FN2O3. The summed E-state index contributed by atoms with van der Waals surface area (Å²) in [7, 11) is 1.63. The summed E-state index contributed by atoms with van der Waals surface area (Å²) >= 11 is 0. The van der Waals surface area contributed by atoms with Crippen LogP contribution in [-0.2, 0) is 22.5 Å². The molecule has 136 valence electrons. The van der Waals surface area contributed by atoms with Crippen LogP contribution in [0.25, 0.3) is 0 Å². The zero-order chi connectivity index (χ0) is 18.4. The van der Waals surface area contributed by atoms with Crippen LogP contribution < -0.4 is 10.1 Å². The van der Waals surface area contributed by atoms with Gasteiger partial charge in [0.2, 0.25) is 6.10 Å². The Kier molecular flexibility index (Phi) is 5.84. The summed E-state index contributed by atoms with van der Waals surface area (Å²) in [5.41, 5.74) is 2.81. The molecule has 0 radical (unpaired) electrons. The van der Waals surface area contributed by atoms with Gasteiger partial charge in [-0.1, -0.05) is 29.4 Å². The molecule has 3 rings (SSSR count). The molecule has 26 heavy (non-hydrogen) atoms. The molecule has 6 heteroatoms. The molecule has 2 aromatic rings. The predicted molar refractivity (Wildman–Crippen MR) is 96.7 cm³/mol. The first-order valence-electron chi connectivity index (χ1n) is 8.50. The Bertz CT molecular complexity index is 790. The van der Waals surface area contributed by atoms with Gasteiger partial charge >= 0.3 is 0 Å². The van der Waals surface area contributed by atoms with E-state index >= 15 is 0 Å². The number of nitrogens with one attached hydrogen (secondary N) is 1. The highest BCUT2D eigenvalue weighted by Gasteiger charge is 2.27. The highest BCUT2D eigenvalue weighted by molar-refractivity contribution is 5.93. The number of rotatable bonds is 7. The summed E-state index contributed by atoms with van der Waals surface area (Å²) in [4.78, 5) is 17.5. The smallest absolute Gasteiger partial charge is 0.264 e. The molecule has 1 aliphatic rings. The molecule has 1 aliphatic heterocycles. The summed E-state index contributed by atoms with van der Waals surface area (Å²) < 4.78 is 18.1. The molecule has 0 aromatic heterocycles. The fourth-order valence-corrected chi connectivity index (χ4v) is 2.78. The normalized spacial score (nSPS) is 15.9. The summed E-state index contributed by atoms with van der Waals surface area (Å²) in [5.74, 6) is 0.351. The van der Waals surface area contributed by atoms with Gasteiger partial charge in [0.15, 0.2) is 0 Å². The van der Waals surface area contributed by atoms with Crippen LogP contribution in [0, 0.1) is 5.82 Å². The molecule has 5 nitrogen and oxygen atoms in total. The van der Waals surface area contributed by atoms with Gasteiger partial charge in [-0.3, -0.25) is 4.79 Å². The van der Waals surface area contributed by atoms with Crippen molar-refractivity contribution >= 4 is 11.6 Å². The molecule has 1 heterocycles. The van der Waals surface area contributed by atoms with Gasteiger partial charge < -0.3 is 14.9 Å². The summed E-state index contributed by atoms with van der Waals surface area (Å²) in [6, 6.07) is 14.0. The first-order chi connectivity index (χ1) is 12.6. The summed E-state index contributed by atoms with van der Waals surface area (Å²) in [5, 5.41) is 6.87. The zero-order valence-electron chi connectivity index (χ0n) is 14.6. The van der Waals surface area contributed by atoms with E-state index in [4.69, 9.17) is 9.57 Å². The average Bonchev–Trinajstić information content (AvgIpc) is 3.12. The summed E-state index contributed by atoms with van der Waals surface area (Å²) in [6.45, 7) is 0.513. The number of nitrogens with zero attached hydrogens (tertiary/aromatic N) is 1. The Balaban J connectivity index is 1.42. The van der Waals surface area contributed by atoms with E-state index in [2.05, 4.69) is 10.5 Å². The van der Waals surface area contributed by atoms with E-state index in [1.165, 1.54) is 12.1 Å². The minimum Gasteiger partial charge on any atom is -0.497 e. The van der Waals surface area contributed by atoms with Gasteiger partial charge in [0.05, 0.1) is 12.8 Å². The van der Waals surface area contributed by atoms with Crippen LogP contribution in [0.4, 0.5) is 4.39 Å². The number of ether oxygens (including phenoxy) is 1. The maximum atomic E-state index is 12.9. The lowest BCUT2D eigenvalue weighted by Crippen LogP contribution is -2.36. The minimum atomic E-state index is -0.601. The number of benzene rings is 2. The third kappa shape index (κ3) is 4.81. The van der Waals surface area contributed by atoms with Crippen molar-refractivity contribution in [3.8, 4) is 5.75 Å². The van der Waals surface area contributed by atoms with Crippen molar-refractivity contribution in [2.24, 2.45) is 5.16 Å². The van der Waals surface area contributed by atoms with Crippen LogP contribution in [0.1, 0.15) is 17.5 Å². The summed E-state index contributed by atoms with van der Waals surface area (Å²) in [6.07, 6.45) is 1.10. The van der Waals surface area contributed by atoms with Gasteiger partial charge in [-0.15, -0.1) is 0 Å². The molecule has 1 atom stereocenters. The number of hydrogen-bond acceptors (Lipinski definition) is 4. The molecule has 0 aliphatic carbocycles. The second-order valence-electron chi connectivity index (χ2n) is 6.15. The van der Waals surface area contributed by atoms with Gasteiger partial charge in [0.25, 0.3) is 5.91 Å². The van der Waals surface area contributed by atoms with E-state index in [1.54, 1.807) is 19.2 Å². The Morgan fingerprint density at radius 2 is 2.08 bits per heavy atom. The number of hydrogen-bond donors (Lipinski definition) is 1. The Morgan fingerprint density at radius 1 is 1.27 bits per heavy atom. The van der Waals surface area contributed by atoms with Crippen LogP contribution in [0.3, 0.4) is 0 Å². The number of oxime groups is 1. The largest absolute Gasteiger partial charge is 0.497 e. The van der Waals surface area contributed by atoms with Gasteiger partial charge in [0, 0.05) is 19.4 Å². The lowest BCUT2D eigenvalue weighted by molar-refractivity contribution is -0.131. The third-order valence-electron chi connectivity index (χ3n) is 4.19. The highest BCUT2D eigenvalue weighted by Crippen LogP contribution is 2.16. The van der Waals surface area contributed by atoms with Crippen molar-refractivity contribution < 1.29 is 18.8 Å². The van der Waals surface area contributed by atoms with E-state index in [0.717, 1.165) is 22.6 Å². The molecule has 0 saturated carbocycles. The molecule has 0 spiro atoms. The second-order valence-corrected chi connectivity index (χ2v) is 6.15. The predicted octanol–water partition coefficient (Wildman–Crippen LogP) is 2.88. The molecular weight excluding hydrogens is 335 g/mol. The highest BCUT2D eigenvalue weighted by atomic mass is 19.1. The fourth-order valence-electron chi connectivity index (χ4n) is 2.78. The Morgan fingerprint density at radius 3 is 2.85 bits per heavy atom. The Hall–Kier alpha value is -2.89. The zero-order valence-corrected chi connectivity index (χ0v) is 14.6. The van der Waals surface area contributed by atoms with Crippen molar-refractivity contribution in [1.82, 2.24) is 5.32 Å². The molecule has 0 fully saturated rings. The van der Waals surface area contributed by atoms with E-state index in [-0.39, 0.29) is 11.7 Å². The molecule has 0 unspecified atom stereocenters. The topological polar surface area (TPSA) is 59.9 Å².